The number of amides is 1. The first-order valence-corrected chi connectivity index (χ1v) is 11.9. The molecule has 2 aromatic heterocycles. The van der Waals surface area contributed by atoms with E-state index < -0.39 is 0 Å². The summed E-state index contributed by atoms with van der Waals surface area (Å²) < 4.78 is 13.5. The van der Waals surface area contributed by atoms with Crippen LogP contribution in [0.4, 0.5) is 5.13 Å². The van der Waals surface area contributed by atoms with Gasteiger partial charge < -0.3 is 14.0 Å². The minimum Gasteiger partial charge on any atom is -0.497 e. The fraction of sp³-hybridized carbons (Fsp3) is 0.261. The summed E-state index contributed by atoms with van der Waals surface area (Å²) in [6.07, 6.45) is 6.27. The molecule has 0 saturated carbocycles. The zero-order valence-corrected chi connectivity index (χ0v) is 19.6. The number of ether oxygens (including phenoxy) is 2. The normalized spacial score (nSPS) is 10.9. The second-order valence-corrected chi connectivity index (χ2v) is 9.05. The Bertz CT molecular complexity index is 1160. The monoisotopic (exact) mass is 468 g/mol. The molecule has 0 aliphatic carbocycles. The predicted molar refractivity (Wildman–Crippen MR) is 129 cm³/mol. The number of imidazole rings is 1. The number of carbonyl (C=O) groups excluding carboxylic acids is 1. The van der Waals surface area contributed by atoms with Crippen molar-refractivity contribution < 1.29 is 14.3 Å². The molecule has 0 saturated heterocycles. The molecule has 0 spiro atoms. The van der Waals surface area contributed by atoms with Gasteiger partial charge in [-0.1, -0.05) is 11.3 Å². The second-order valence-electron chi connectivity index (χ2n) is 6.99. The van der Waals surface area contributed by atoms with Gasteiger partial charge in [0.1, 0.15) is 11.5 Å². The molecular formula is C23H24N4O3S2. The number of thiazole rings is 1. The number of fused-ring (bicyclic) bond motifs is 1. The molecule has 0 fully saturated rings. The fourth-order valence-corrected chi connectivity index (χ4v) is 5.00. The van der Waals surface area contributed by atoms with Crippen LogP contribution in [0.5, 0.6) is 11.5 Å². The zero-order valence-electron chi connectivity index (χ0n) is 17.9. The van der Waals surface area contributed by atoms with Gasteiger partial charge in [0, 0.05) is 30.4 Å². The minimum atomic E-state index is 0.0301. The van der Waals surface area contributed by atoms with Crippen LogP contribution >= 0.6 is 23.1 Å². The van der Waals surface area contributed by atoms with E-state index >= 15 is 0 Å². The van der Waals surface area contributed by atoms with E-state index in [2.05, 4.69) is 4.98 Å². The lowest BCUT2D eigenvalue weighted by molar-refractivity contribution is -0.116. The van der Waals surface area contributed by atoms with Gasteiger partial charge in [0.2, 0.25) is 5.91 Å². The van der Waals surface area contributed by atoms with Gasteiger partial charge in [-0.3, -0.25) is 9.69 Å². The van der Waals surface area contributed by atoms with Crippen LogP contribution < -0.4 is 14.4 Å². The summed E-state index contributed by atoms with van der Waals surface area (Å²) in [4.78, 5) is 24.9. The van der Waals surface area contributed by atoms with Crippen LogP contribution in [0, 0.1) is 0 Å². The first kappa shape index (κ1) is 22.2. The van der Waals surface area contributed by atoms with E-state index in [9.17, 15) is 4.79 Å². The summed E-state index contributed by atoms with van der Waals surface area (Å²) in [7, 11) is 3.28. The molecule has 2 aromatic carbocycles. The quantitative estimate of drug-likeness (QED) is 0.314. The van der Waals surface area contributed by atoms with Crippen LogP contribution in [0.2, 0.25) is 0 Å². The van der Waals surface area contributed by atoms with Crippen LogP contribution in [-0.4, -0.2) is 47.0 Å². The number of rotatable bonds is 10. The topological polar surface area (TPSA) is 69.5 Å². The zero-order chi connectivity index (χ0) is 22.3. The van der Waals surface area contributed by atoms with Gasteiger partial charge in [-0.05, 0) is 48.9 Å². The molecule has 4 rings (SSSR count). The van der Waals surface area contributed by atoms with E-state index in [4.69, 9.17) is 14.5 Å². The number of anilines is 1. The Labute approximate surface area is 195 Å². The number of aromatic nitrogens is 3. The first-order valence-electron chi connectivity index (χ1n) is 10.1. The molecule has 166 valence electrons. The summed E-state index contributed by atoms with van der Waals surface area (Å²) in [5.41, 5.74) is 0.862. The average molecular weight is 469 g/mol. The van der Waals surface area contributed by atoms with Crippen LogP contribution in [-0.2, 0) is 11.3 Å². The van der Waals surface area contributed by atoms with Gasteiger partial charge in [0.05, 0.1) is 36.5 Å². The number of benzene rings is 2. The Kier molecular flexibility index (Phi) is 7.28. The van der Waals surface area contributed by atoms with Gasteiger partial charge in [-0.2, -0.15) is 0 Å². The highest BCUT2D eigenvalue weighted by Crippen LogP contribution is 2.32. The number of nitrogens with zero attached hydrogens (tertiary/aromatic N) is 4. The van der Waals surface area contributed by atoms with Crippen LogP contribution in [0.25, 0.3) is 10.2 Å². The Morgan fingerprint density at radius 3 is 2.62 bits per heavy atom. The van der Waals surface area contributed by atoms with E-state index in [-0.39, 0.29) is 5.91 Å². The Hall–Kier alpha value is -3.04. The second kappa shape index (κ2) is 10.5. The number of carbonyl (C=O) groups is 1. The Morgan fingerprint density at radius 1 is 1.12 bits per heavy atom. The van der Waals surface area contributed by atoms with Crippen molar-refractivity contribution >= 4 is 44.4 Å². The number of thioether (sulfide) groups is 1. The van der Waals surface area contributed by atoms with Crippen molar-refractivity contribution in [3.63, 3.8) is 0 Å². The summed E-state index contributed by atoms with van der Waals surface area (Å²) in [6, 6.07) is 13.5. The molecule has 0 bridgehead atoms. The molecule has 4 aromatic rings. The molecule has 9 heteroatoms. The molecule has 0 aliphatic heterocycles. The van der Waals surface area contributed by atoms with E-state index in [1.54, 1.807) is 31.6 Å². The van der Waals surface area contributed by atoms with E-state index in [0.717, 1.165) is 39.6 Å². The Morgan fingerprint density at radius 2 is 1.91 bits per heavy atom. The van der Waals surface area contributed by atoms with Gasteiger partial charge >= 0.3 is 0 Å². The number of aryl methyl sites for hydroxylation is 1. The molecule has 0 atom stereocenters. The van der Waals surface area contributed by atoms with E-state index in [1.165, 1.54) is 23.1 Å². The molecule has 32 heavy (non-hydrogen) atoms. The van der Waals surface area contributed by atoms with Crippen molar-refractivity contribution in [3.05, 3.63) is 61.2 Å². The lowest BCUT2D eigenvalue weighted by atomic mass is 10.3. The summed E-state index contributed by atoms with van der Waals surface area (Å²) in [6.45, 7) is 1.37. The van der Waals surface area contributed by atoms with Crippen LogP contribution in [0.1, 0.15) is 6.42 Å². The molecule has 0 aliphatic rings. The van der Waals surface area contributed by atoms with Crippen molar-refractivity contribution in [2.75, 3.05) is 31.4 Å². The van der Waals surface area contributed by atoms with Gasteiger partial charge in [-0.15, -0.1) is 11.8 Å². The number of methoxy groups -OCH3 is 2. The maximum Gasteiger partial charge on any atom is 0.239 e. The maximum absolute atomic E-state index is 13.2. The lowest BCUT2D eigenvalue weighted by Crippen LogP contribution is -2.33. The van der Waals surface area contributed by atoms with Gasteiger partial charge in [0.15, 0.2) is 5.13 Å². The molecule has 7 nitrogen and oxygen atoms in total. The summed E-state index contributed by atoms with van der Waals surface area (Å²) in [5, 5.41) is 0.708. The highest BCUT2D eigenvalue weighted by atomic mass is 32.2. The standard InChI is InChI=1S/C23H24N4O3S2/c1-29-17-4-7-19(8-5-17)31-15-22(28)27(12-3-11-26-13-10-24-16-26)23-25-20-9-6-18(30-2)14-21(20)32-23/h4-10,13-14,16H,3,11-12,15H2,1-2H3. The predicted octanol–water partition coefficient (Wildman–Crippen LogP) is 4.73. The van der Waals surface area contributed by atoms with Crippen molar-refractivity contribution in [1.82, 2.24) is 14.5 Å². The van der Waals surface area contributed by atoms with Gasteiger partial charge in [-0.25, -0.2) is 9.97 Å². The van der Waals surface area contributed by atoms with Crippen molar-refractivity contribution in [1.29, 1.82) is 0 Å². The average Bonchev–Trinajstić information content (AvgIpc) is 3.49. The largest absolute Gasteiger partial charge is 0.497 e. The third-order valence-electron chi connectivity index (χ3n) is 4.90. The summed E-state index contributed by atoms with van der Waals surface area (Å²) in [5.74, 6) is 1.94. The summed E-state index contributed by atoms with van der Waals surface area (Å²) >= 11 is 3.02. The molecule has 0 N–H and O–H groups in total. The molecule has 0 unspecified atom stereocenters. The maximum atomic E-state index is 13.2. The number of hydrogen-bond donors (Lipinski definition) is 0. The first-order chi connectivity index (χ1) is 15.7. The third kappa shape index (κ3) is 5.41. The third-order valence-corrected chi connectivity index (χ3v) is 6.93. The smallest absolute Gasteiger partial charge is 0.239 e. The van der Waals surface area contributed by atoms with Crippen LogP contribution in [0.15, 0.2) is 66.1 Å². The molecule has 2 heterocycles. The Balaban J connectivity index is 1.49. The lowest BCUT2D eigenvalue weighted by Gasteiger charge is -2.20. The number of hydrogen-bond acceptors (Lipinski definition) is 7. The van der Waals surface area contributed by atoms with Crippen molar-refractivity contribution in [2.45, 2.75) is 17.9 Å². The van der Waals surface area contributed by atoms with E-state index in [0.29, 0.717) is 17.4 Å². The molecular weight excluding hydrogens is 444 g/mol. The van der Waals surface area contributed by atoms with Crippen molar-refractivity contribution in [2.24, 2.45) is 0 Å². The van der Waals surface area contributed by atoms with Gasteiger partial charge in [0.25, 0.3) is 0 Å². The highest BCUT2D eigenvalue weighted by molar-refractivity contribution is 8.00. The minimum absolute atomic E-state index is 0.0301. The SMILES string of the molecule is COc1ccc(SCC(=O)N(CCCn2ccnc2)c2nc3ccc(OC)cc3s2)cc1. The molecule has 1 amide bonds. The highest BCUT2D eigenvalue weighted by Gasteiger charge is 2.20. The molecule has 0 radical (unpaired) electrons. The van der Waals surface area contributed by atoms with Crippen LogP contribution in [0.3, 0.4) is 0 Å². The fourth-order valence-electron chi connectivity index (χ4n) is 3.19. The van der Waals surface area contributed by atoms with E-state index in [1.807, 2.05) is 53.2 Å². The van der Waals surface area contributed by atoms with Crippen molar-refractivity contribution in [3.8, 4) is 11.5 Å².